The Balaban J connectivity index is 1.42. The van der Waals surface area contributed by atoms with E-state index in [1.165, 1.54) is 0 Å². The van der Waals surface area contributed by atoms with Gasteiger partial charge in [-0.05, 0) is 50.1 Å². The number of methoxy groups -OCH3 is 1. The molecule has 0 saturated carbocycles. The van der Waals surface area contributed by atoms with Crippen molar-refractivity contribution in [3.63, 3.8) is 0 Å². The number of carbonyl (C=O) groups excluding carboxylic acids is 1. The Labute approximate surface area is 165 Å². The molecule has 148 valence electrons. The summed E-state index contributed by atoms with van der Waals surface area (Å²) in [6.07, 6.45) is 2.32. The maximum absolute atomic E-state index is 13.0. The number of aromatic nitrogens is 2. The average molecular weight is 381 g/mol. The van der Waals surface area contributed by atoms with Gasteiger partial charge in [0, 0.05) is 50.6 Å². The molecule has 1 amide bonds. The van der Waals surface area contributed by atoms with Gasteiger partial charge in [-0.25, -0.2) is 9.97 Å². The second-order valence-corrected chi connectivity index (χ2v) is 7.37. The van der Waals surface area contributed by atoms with Crippen LogP contribution in [-0.2, 0) is 0 Å². The Hall–Kier alpha value is -2.83. The Morgan fingerprint density at radius 1 is 0.929 bits per heavy atom. The van der Waals surface area contributed by atoms with Gasteiger partial charge in [0.05, 0.1) is 7.11 Å². The number of amides is 1. The van der Waals surface area contributed by atoms with Crippen LogP contribution in [0, 0.1) is 6.92 Å². The number of anilines is 2. The normalized spacial score (nSPS) is 17.1. The summed E-state index contributed by atoms with van der Waals surface area (Å²) in [7, 11) is 1.67. The average Bonchev–Trinajstić information content (AvgIpc) is 3.28. The summed E-state index contributed by atoms with van der Waals surface area (Å²) in [6.45, 7) is 6.86. The fourth-order valence-corrected chi connectivity index (χ4v) is 3.84. The number of nitrogens with zero attached hydrogens (tertiary/aromatic N) is 5. The third kappa shape index (κ3) is 3.88. The highest BCUT2D eigenvalue weighted by Crippen LogP contribution is 2.22. The lowest BCUT2D eigenvalue weighted by atomic mass is 10.2. The van der Waals surface area contributed by atoms with Crippen LogP contribution in [0.2, 0.25) is 0 Å². The number of benzene rings is 1. The third-order valence-electron chi connectivity index (χ3n) is 5.45. The summed E-state index contributed by atoms with van der Waals surface area (Å²) in [5.74, 6) is 1.54. The molecule has 2 fully saturated rings. The van der Waals surface area contributed by atoms with Gasteiger partial charge in [0.15, 0.2) is 0 Å². The van der Waals surface area contributed by atoms with Crippen LogP contribution >= 0.6 is 0 Å². The zero-order valence-electron chi connectivity index (χ0n) is 16.6. The van der Waals surface area contributed by atoms with E-state index in [2.05, 4.69) is 31.9 Å². The van der Waals surface area contributed by atoms with Crippen molar-refractivity contribution < 1.29 is 9.53 Å². The van der Waals surface area contributed by atoms with Crippen LogP contribution in [0.3, 0.4) is 0 Å². The van der Waals surface area contributed by atoms with Gasteiger partial charge < -0.3 is 19.4 Å². The van der Waals surface area contributed by atoms with Crippen LogP contribution in [0.5, 0.6) is 5.75 Å². The van der Waals surface area contributed by atoms with E-state index < -0.39 is 0 Å². The van der Waals surface area contributed by atoms with E-state index in [4.69, 9.17) is 4.74 Å². The molecule has 2 aromatic rings. The highest BCUT2D eigenvalue weighted by molar-refractivity contribution is 5.93. The largest absolute Gasteiger partial charge is 0.497 e. The lowest BCUT2D eigenvalue weighted by molar-refractivity contribution is 0.0740. The second-order valence-electron chi connectivity index (χ2n) is 7.37. The molecule has 1 aromatic heterocycles. The molecule has 4 rings (SSSR count). The molecule has 7 heteroatoms. The standard InChI is InChI=1S/C21H27N5O2/c1-16-15-19(23-21(22-16)26-9-3-4-10-26)20(27)25-13-11-24(12-14-25)17-5-7-18(28-2)8-6-17/h5-8,15H,3-4,9-14H2,1-2H3. The smallest absolute Gasteiger partial charge is 0.272 e. The first-order valence-electron chi connectivity index (χ1n) is 9.93. The molecule has 3 heterocycles. The first-order chi connectivity index (χ1) is 13.6. The molecule has 0 bridgehead atoms. The molecule has 0 spiro atoms. The summed E-state index contributed by atoms with van der Waals surface area (Å²) in [5.41, 5.74) is 2.51. The number of aryl methyl sites for hydroxylation is 1. The maximum atomic E-state index is 13.0. The van der Waals surface area contributed by atoms with Crippen molar-refractivity contribution in [1.29, 1.82) is 0 Å². The Morgan fingerprint density at radius 2 is 1.61 bits per heavy atom. The van der Waals surface area contributed by atoms with Crippen LogP contribution in [0.15, 0.2) is 30.3 Å². The fourth-order valence-electron chi connectivity index (χ4n) is 3.84. The summed E-state index contributed by atoms with van der Waals surface area (Å²) < 4.78 is 5.22. The second kappa shape index (κ2) is 8.04. The molecular formula is C21H27N5O2. The van der Waals surface area contributed by atoms with Crippen LogP contribution < -0.4 is 14.5 Å². The summed E-state index contributed by atoms with van der Waals surface area (Å²) in [4.78, 5) is 28.5. The number of hydrogen-bond acceptors (Lipinski definition) is 6. The van der Waals surface area contributed by atoms with E-state index in [9.17, 15) is 4.79 Å². The molecule has 2 saturated heterocycles. The minimum atomic E-state index is 0.000304. The molecule has 2 aliphatic heterocycles. The predicted molar refractivity (Wildman–Crippen MR) is 109 cm³/mol. The molecule has 0 radical (unpaired) electrons. The number of hydrogen-bond donors (Lipinski definition) is 0. The quantitative estimate of drug-likeness (QED) is 0.810. The van der Waals surface area contributed by atoms with E-state index in [0.29, 0.717) is 24.7 Å². The van der Waals surface area contributed by atoms with E-state index in [-0.39, 0.29) is 5.91 Å². The molecule has 28 heavy (non-hydrogen) atoms. The molecule has 2 aliphatic rings. The Kier molecular flexibility index (Phi) is 5.32. The molecule has 0 unspecified atom stereocenters. The predicted octanol–water partition coefficient (Wildman–Crippen LogP) is 2.36. The lowest BCUT2D eigenvalue weighted by Crippen LogP contribution is -2.49. The van der Waals surface area contributed by atoms with Gasteiger partial charge in [-0.15, -0.1) is 0 Å². The van der Waals surface area contributed by atoms with Gasteiger partial charge >= 0.3 is 0 Å². The van der Waals surface area contributed by atoms with Gasteiger partial charge in [0.1, 0.15) is 11.4 Å². The first-order valence-corrected chi connectivity index (χ1v) is 9.93. The van der Waals surface area contributed by atoms with E-state index in [0.717, 1.165) is 56.2 Å². The minimum absolute atomic E-state index is 0.000304. The SMILES string of the molecule is COc1ccc(N2CCN(C(=O)c3cc(C)nc(N4CCCC4)n3)CC2)cc1. The van der Waals surface area contributed by atoms with Crippen molar-refractivity contribution in [3.8, 4) is 5.75 Å². The van der Waals surface area contributed by atoms with Gasteiger partial charge in [0.25, 0.3) is 5.91 Å². The van der Waals surface area contributed by atoms with Crippen molar-refractivity contribution in [2.24, 2.45) is 0 Å². The van der Waals surface area contributed by atoms with E-state index >= 15 is 0 Å². The monoisotopic (exact) mass is 381 g/mol. The Morgan fingerprint density at radius 3 is 2.25 bits per heavy atom. The van der Waals surface area contributed by atoms with Crippen LogP contribution in [0.1, 0.15) is 29.0 Å². The van der Waals surface area contributed by atoms with Crippen LogP contribution in [0.25, 0.3) is 0 Å². The Bertz CT molecular complexity index is 825. The zero-order valence-corrected chi connectivity index (χ0v) is 16.6. The highest BCUT2D eigenvalue weighted by atomic mass is 16.5. The lowest BCUT2D eigenvalue weighted by Gasteiger charge is -2.36. The number of carbonyl (C=O) groups is 1. The molecule has 1 aromatic carbocycles. The van der Waals surface area contributed by atoms with E-state index in [1.54, 1.807) is 13.2 Å². The number of piperazine rings is 1. The minimum Gasteiger partial charge on any atom is -0.497 e. The summed E-state index contributed by atoms with van der Waals surface area (Å²) in [5, 5.41) is 0. The van der Waals surface area contributed by atoms with Crippen LogP contribution in [-0.4, -0.2) is 67.2 Å². The van der Waals surface area contributed by atoms with Gasteiger partial charge in [0.2, 0.25) is 5.95 Å². The van der Waals surface area contributed by atoms with Crippen molar-refractivity contribution >= 4 is 17.5 Å². The summed E-state index contributed by atoms with van der Waals surface area (Å²) >= 11 is 0. The number of rotatable bonds is 4. The van der Waals surface area contributed by atoms with Gasteiger partial charge in [-0.1, -0.05) is 0 Å². The summed E-state index contributed by atoms with van der Waals surface area (Å²) in [6, 6.07) is 9.86. The topological polar surface area (TPSA) is 61.8 Å². The zero-order chi connectivity index (χ0) is 19.5. The third-order valence-corrected chi connectivity index (χ3v) is 5.45. The molecular weight excluding hydrogens is 354 g/mol. The highest BCUT2D eigenvalue weighted by Gasteiger charge is 2.25. The van der Waals surface area contributed by atoms with Crippen LogP contribution in [0.4, 0.5) is 11.6 Å². The van der Waals surface area contributed by atoms with Crippen molar-refractivity contribution in [3.05, 3.63) is 41.7 Å². The van der Waals surface area contributed by atoms with E-state index in [1.807, 2.05) is 24.0 Å². The molecule has 7 nitrogen and oxygen atoms in total. The van der Waals surface area contributed by atoms with Crippen molar-refractivity contribution in [2.45, 2.75) is 19.8 Å². The fraction of sp³-hybridized carbons (Fsp3) is 0.476. The number of ether oxygens (including phenoxy) is 1. The molecule has 0 atom stereocenters. The van der Waals surface area contributed by atoms with Crippen molar-refractivity contribution in [2.75, 3.05) is 56.2 Å². The molecule has 0 N–H and O–H groups in total. The maximum Gasteiger partial charge on any atom is 0.272 e. The van der Waals surface area contributed by atoms with Crippen molar-refractivity contribution in [1.82, 2.24) is 14.9 Å². The first kappa shape index (κ1) is 18.5. The van der Waals surface area contributed by atoms with Gasteiger partial charge in [-0.2, -0.15) is 0 Å². The van der Waals surface area contributed by atoms with Gasteiger partial charge in [-0.3, -0.25) is 4.79 Å². The molecule has 0 aliphatic carbocycles.